The van der Waals surface area contributed by atoms with Gasteiger partial charge < -0.3 is 15.4 Å². The first kappa shape index (κ1) is 18.8. The van der Waals surface area contributed by atoms with Crippen molar-refractivity contribution in [3.05, 3.63) is 52.5 Å². The zero-order valence-electron chi connectivity index (χ0n) is 14.5. The van der Waals surface area contributed by atoms with Crippen LogP contribution in [0, 0.1) is 13.8 Å². The molecule has 6 heteroatoms. The summed E-state index contributed by atoms with van der Waals surface area (Å²) in [6.07, 6.45) is 0.390. The number of halogens is 1. The van der Waals surface area contributed by atoms with Crippen LogP contribution in [0.4, 0.5) is 11.4 Å². The number of aryl methyl sites for hydroxylation is 2. The number of amides is 2. The minimum atomic E-state index is -0.310. The number of ether oxygens (including phenoxy) is 1. The van der Waals surface area contributed by atoms with Crippen molar-refractivity contribution in [2.75, 3.05) is 17.2 Å². The Morgan fingerprint density at radius 2 is 1.68 bits per heavy atom. The maximum atomic E-state index is 12.1. The lowest BCUT2D eigenvalue weighted by Gasteiger charge is -2.12. The molecule has 0 aliphatic rings. The molecule has 2 aromatic rings. The van der Waals surface area contributed by atoms with E-state index < -0.39 is 0 Å². The summed E-state index contributed by atoms with van der Waals surface area (Å²) in [6, 6.07) is 10.7. The molecule has 0 radical (unpaired) electrons. The molecule has 2 aromatic carbocycles. The largest absolute Gasteiger partial charge is 0.482 e. The van der Waals surface area contributed by atoms with Crippen molar-refractivity contribution in [1.82, 2.24) is 0 Å². The standard InChI is InChI=1S/C19H21ClN2O3/c1-4-17(23)21-14-6-5-7-15(10-14)22-18(24)11-25-19-13(3)8-12(2)9-16(19)20/h5-10H,4,11H2,1-3H3,(H,21,23)(H,22,24). The molecule has 0 spiro atoms. The highest BCUT2D eigenvalue weighted by Gasteiger charge is 2.10. The predicted octanol–water partition coefficient (Wildman–Crippen LogP) is 4.32. The predicted molar refractivity (Wildman–Crippen MR) is 100 cm³/mol. The molecule has 0 bridgehead atoms. The second-order valence-corrected chi connectivity index (χ2v) is 6.12. The van der Waals surface area contributed by atoms with Gasteiger partial charge in [-0.25, -0.2) is 0 Å². The van der Waals surface area contributed by atoms with Crippen LogP contribution in [0.2, 0.25) is 5.02 Å². The average molecular weight is 361 g/mol. The number of anilines is 2. The summed E-state index contributed by atoms with van der Waals surface area (Å²) in [7, 11) is 0. The van der Waals surface area contributed by atoms with Crippen LogP contribution in [-0.4, -0.2) is 18.4 Å². The van der Waals surface area contributed by atoms with Gasteiger partial charge in [0, 0.05) is 17.8 Å². The van der Waals surface area contributed by atoms with E-state index in [2.05, 4.69) is 10.6 Å². The van der Waals surface area contributed by atoms with Crippen molar-refractivity contribution in [2.24, 2.45) is 0 Å². The number of nitrogens with one attached hydrogen (secondary N) is 2. The lowest BCUT2D eigenvalue weighted by molar-refractivity contribution is -0.118. The van der Waals surface area contributed by atoms with Gasteiger partial charge in [0.2, 0.25) is 5.91 Å². The average Bonchev–Trinajstić information content (AvgIpc) is 2.54. The molecule has 0 aliphatic carbocycles. The molecule has 2 amide bonds. The van der Waals surface area contributed by atoms with Gasteiger partial charge in [0.1, 0.15) is 5.75 Å². The van der Waals surface area contributed by atoms with Crippen LogP contribution in [0.25, 0.3) is 0 Å². The molecule has 5 nitrogen and oxygen atoms in total. The summed E-state index contributed by atoms with van der Waals surface area (Å²) >= 11 is 6.16. The Hall–Kier alpha value is -2.53. The number of carbonyl (C=O) groups excluding carboxylic acids is 2. The highest BCUT2D eigenvalue weighted by atomic mass is 35.5. The molecule has 0 aliphatic heterocycles. The molecule has 2 rings (SSSR count). The zero-order valence-corrected chi connectivity index (χ0v) is 15.2. The number of benzene rings is 2. The normalized spacial score (nSPS) is 10.2. The Morgan fingerprint density at radius 3 is 2.28 bits per heavy atom. The first-order valence-corrected chi connectivity index (χ1v) is 8.36. The van der Waals surface area contributed by atoms with Gasteiger partial charge in [-0.1, -0.05) is 30.7 Å². The fraction of sp³-hybridized carbons (Fsp3) is 0.263. The van der Waals surface area contributed by atoms with E-state index in [0.717, 1.165) is 11.1 Å². The number of rotatable bonds is 6. The third-order valence-electron chi connectivity index (χ3n) is 3.47. The van der Waals surface area contributed by atoms with Crippen LogP contribution in [0.1, 0.15) is 24.5 Å². The topological polar surface area (TPSA) is 67.4 Å². The highest BCUT2D eigenvalue weighted by Crippen LogP contribution is 2.29. The van der Waals surface area contributed by atoms with Crippen molar-refractivity contribution in [3.63, 3.8) is 0 Å². The van der Waals surface area contributed by atoms with Crippen molar-refractivity contribution >= 4 is 34.8 Å². The molecule has 0 aromatic heterocycles. The summed E-state index contributed by atoms with van der Waals surface area (Å²) in [5, 5.41) is 5.96. The van der Waals surface area contributed by atoms with Crippen LogP contribution in [-0.2, 0) is 9.59 Å². The third-order valence-corrected chi connectivity index (χ3v) is 3.75. The molecule has 0 atom stereocenters. The molecule has 0 saturated carbocycles. The summed E-state index contributed by atoms with van der Waals surface area (Å²) in [5.74, 6) is 0.109. The summed E-state index contributed by atoms with van der Waals surface area (Å²) in [5.41, 5.74) is 3.12. The molecule has 0 heterocycles. The first-order valence-electron chi connectivity index (χ1n) is 7.98. The third kappa shape index (κ3) is 5.50. The number of carbonyl (C=O) groups is 2. The summed E-state index contributed by atoms with van der Waals surface area (Å²) in [6.45, 7) is 5.44. The monoisotopic (exact) mass is 360 g/mol. The van der Waals surface area contributed by atoms with E-state index in [1.165, 1.54) is 0 Å². The number of hydrogen-bond donors (Lipinski definition) is 2. The summed E-state index contributed by atoms with van der Waals surface area (Å²) in [4.78, 5) is 23.5. The minimum Gasteiger partial charge on any atom is -0.482 e. The van der Waals surface area contributed by atoms with E-state index in [-0.39, 0.29) is 18.4 Å². The van der Waals surface area contributed by atoms with Crippen molar-refractivity contribution in [1.29, 1.82) is 0 Å². The zero-order chi connectivity index (χ0) is 18.4. The first-order chi connectivity index (χ1) is 11.9. The Kier molecular flexibility index (Phi) is 6.42. The Bertz CT molecular complexity index is 767. The van der Waals surface area contributed by atoms with Crippen LogP contribution < -0.4 is 15.4 Å². The van der Waals surface area contributed by atoms with Gasteiger partial charge in [0.05, 0.1) is 5.02 Å². The number of hydrogen-bond acceptors (Lipinski definition) is 3. The maximum absolute atomic E-state index is 12.1. The fourth-order valence-electron chi connectivity index (χ4n) is 2.34. The van der Waals surface area contributed by atoms with Gasteiger partial charge in [-0.3, -0.25) is 9.59 Å². The Labute approximate surface area is 152 Å². The van der Waals surface area contributed by atoms with Crippen molar-refractivity contribution in [3.8, 4) is 5.75 Å². The second kappa shape index (κ2) is 8.53. The van der Waals surface area contributed by atoms with E-state index in [9.17, 15) is 9.59 Å². The Balaban J connectivity index is 1.97. The van der Waals surface area contributed by atoms with E-state index in [4.69, 9.17) is 16.3 Å². The van der Waals surface area contributed by atoms with Crippen LogP contribution in [0.3, 0.4) is 0 Å². The van der Waals surface area contributed by atoms with Crippen LogP contribution in [0.15, 0.2) is 36.4 Å². The molecular weight excluding hydrogens is 340 g/mol. The van der Waals surface area contributed by atoms with Gasteiger partial charge in [-0.2, -0.15) is 0 Å². The quantitative estimate of drug-likeness (QED) is 0.806. The molecule has 25 heavy (non-hydrogen) atoms. The molecular formula is C19H21ClN2O3. The second-order valence-electron chi connectivity index (χ2n) is 5.71. The Morgan fingerprint density at radius 1 is 1.04 bits per heavy atom. The van der Waals surface area contributed by atoms with Gasteiger partial charge in [0.15, 0.2) is 6.61 Å². The molecule has 2 N–H and O–H groups in total. The summed E-state index contributed by atoms with van der Waals surface area (Å²) < 4.78 is 5.56. The van der Waals surface area contributed by atoms with Gasteiger partial charge in [0.25, 0.3) is 5.91 Å². The van der Waals surface area contributed by atoms with E-state index in [0.29, 0.717) is 28.6 Å². The molecule has 0 unspecified atom stereocenters. The van der Waals surface area contributed by atoms with E-state index >= 15 is 0 Å². The molecule has 132 valence electrons. The lowest BCUT2D eigenvalue weighted by atomic mass is 10.1. The van der Waals surface area contributed by atoms with E-state index in [1.54, 1.807) is 37.3 Å². The van der Waals surface area contributed by atoms with Crippen LogP contribution >= 0.6 is 11.6 Å². The van der Waals surface area contributed by atoms with Gasteiger partial charge in [-0.15, -0.1) is 0 Å². The lowest BCUT2D eigenvalue weighted by Crippen LogP contribution is -2.20. The smallest absolute Gasteiger partial charge is 0.262 e. The van der Waals surface area contributed by atoms with Crippen LogP contribution in [0.5, 0.6) is 5.75 Å². The van der Waals surface area contributed by atoms with Gasteiger partial charge in [-0.05, 0) is 49.2 Å². The highest BCUT2D eigenvalue weighted by molar-refractivity contribution is 6.32. The van der Waals surface area contributed by atoms with E-state index in [1.807, 2.05) is 19.9 Å². The van der Waals surface area contributed by atoms with Crippen molar-refractivity contribution in [2.45, 2.75) is 27.2 Å². The minimum absolute atomic E-state index is 0.0868. The van der Waals surface area contributed by atoms with Crippen molar-refractivity contribution < 1.29 is 14.3 Å². The SMILES string of the molecule is CCC(=O)Nc1cccc(NC(=O)COc2c(C)cc(C)cc2Cl)c1. The van der Waals surface area contributed by atoms with Gasteiger partial charge >= 0.3 is 0 Å². The maximum Gasteiger partial charge on any atom is 0.262 e. The molecule has 0 saturated heterocycles. The fourth-order valence-corrected chi connectivity index (χ4v) is 2.72. The molecule has 0 fully saturated rings.